The Hall–Kier alpha value is -1.57. The number of fused-ring (bicyclic) bond motifs is 1. The third-order valence-corrected chi connectivity index (χ3v) is 7.78. The zero-order chi connectivity index (χ0) is 20.5. The maximum atomic E-state index is 10.7. The topological polar surface area (TPSA) is 84.2 Å². The van der Waals surface area contributed by atoms with E-state index in [4.69, 9.17) is 0 Å². The van der Waals surface area contributed by atoms with Gasteiger partial charge in [0.15, 0.2) is 0 Å². The summed E-state index contributed by atoms with van der Waals surface area (Å²) in [6.07, 6.45) is -1.57. The lowest BCUT2D eigenvalue weighted by Gasteiger charge is -2.44. The monoisotopic (exact) mass is 415 g/mol. The Labute approximate surface area is 176 Å². The van der Waals surface area contributed by atoms with Gasteiger partial charge in [0.1, 0.15) is 17.6 Å². The van der Waals surface area contributed by atoms with E-state index in [0.717, 1.165) is 25.1 Å². The largest absolute Gasteiger partial charge is 0.395 e. The molecule has 2 heterocycles. The average Bonchev–Trinajstić information content (AvgIpc) is 3.11. The van der Waals surface area contributed by atoms with Crippen molar-refractivity contribution in [3.05, 3.63) is 65.2 Å². The molecule has 2 aliphatic heterocycles. The van der Waals surface area contributed by atoms with Gasteiger partial charge in [-0.1, -0.05) is 49.4 Å². The lowest BCUT2D eigenvalue weighted by atomic mass is 9.93. The van der Waals surface area contributed by atoms with Crippen LogP contribution in [0, 0.1) is 0 Å². The lowest BCUT2D eigenvalue weighted by molar-refractivity contribution is -0.0696. The number of anilines is 1. The second kappa shape index (κ2) is 8.66. The molecule has 2 aromatic rings. The van der Waals surface area contributed by atoms with Crippen LogP contribution >= 0.6 is 11.8 Å². The molecule has 1 unspecified atom stereocenters. The van der Waals surface area contributed by atoms with E-state index in [1.54, 1.807) is 0 Å². The Morgan fingerprint density at radius 3 is 2.31 bits per heavy atom. The Morgan fingerprint density at radius 2 is 1.62 bits per heavy atom. The summed E-state index contributed by atoms with van der Waals surface area (Å²) >= 11 is 1.34. The first kappa shape index (κ1) is 20.7. The molecule has 6 heteroatoms. The second-order valence-electron chi connectivity index (χ2n) is 8.00. The summed E-state index contributed by atoms with van der Waals surface area (Å²) in [7, 11) is 0. The second-order valence-corrected chi connectivity index (χ2v) is 9.36. The van der Waals surface area contributed by atoms with Crippen LogP contribution in [0.25, 0.3) is 0 Å². The highest BCUT2D eigenvalue weighted by molar-refractivity contribution is 8.00. The van der Waals surface area contributed by atoms with Crippen molar-refractivity contribution in [1.29, 1.82) is 0 Å². The van der Waals surface area contributed by atoms with Crippen LogP contribution in [0.5, 0.6) is 0 Å². The van der Waals surface area contributed by atoms with E-state index in [-0.39, 0.29) is 12.5 Å². The summed E-state index contributed by atoms with van der Waals surface area (Å²) < 4.78 is 0. The first-order valence-corrected chi connectivity index (χ1v) is 11.2. The minimum absolute atomic E-state index is 0.241. The third-order valence-electron chi connectivity index (χ3n) is 6.19. The zero-order valence-corrected chi connectivity index (χ0v) is 17.4. The van der Waals surface area contributed by atoms with Crippen LogP contribution in [0.2, 0.25) is 0 Å². The maximum Gasteiger partial charge on any atom is 0.112 e. The van der Waals surface area contributed by atoms with Crippen molar-refractivity contribution < 1.29 is 20.4 Å². The predicted octanol–water partition coefficient (Wildman–Crippen LogP) is 1.91. The molecule has 0 bridgehead atoms. The van der Waals surface area contributed by atoms with Crippen LogP contribution in [-0.4, -0.2) is 62.5 Å². The number of thioether (sulfide) groups is 1. The highest BCUT2D eigenvalue weighted by atomic mass is 32.2. The summed E-state index contributed by atoms with van der Waals surface area (Å²) in [5, 5.41) is 39.8. The average molecular weight is 416 g/mol. The number of benzene rings is 2. The minimum atomic E-state index is -1.27. The van der Waals surface area contributed by atoms with Crippen LogP contribution in [0.1, 0.15) is 29.5 Å². The van der Waals surface area contributed by atoms with E-state index < -0.39 is 28.9 Å². The molecular weight excluding hydrogens is 386 g/mol. The Bertz CT molecular complexity index is 828. The normalized spacial score (nSPS) is 31.7. The molecule has 0 saturated carbocycles. The highest BCUT2D eigenvalue weighted by Gasteiger charge is 2.47. The van der Waals surface area contributed by atoms with Crippen molar-refractivity contribution in [3.63, 3.8) is 0 Å². The minimum Gasteiger partial charge on any atom is -0.395 e. The number of rotatable bonds is 5. The van der Waals surface area contributed by atoms with Crippen molar-refractivity contribution in [2.75, 3.05) is 18.1 Å². The molecule has 5 nitrogen and oxygen atoms in total. The molecule has 0 aromatic heterocycles. The third kappa shape index (κ3) is 3.92. The van der Waals surface area contributed by atoms with E-state index in [1.165, 1.54) is 28.5 Å². The van der Waals surface area contributed by atoms with Gasteiger partial charge < -0.3 is 25.3 Å². The summed E-state index contributed by atoms with van der Waals surface area (Å²) in [6, 6.07) is 16.9. The molecule has 156 valence electrons. The number of hydrogen-bond acceptors (Lipinski definition) is 6. The van der Waals surface area contributed by atoms with Crippen molar-refractivity contribution in [1.82, 2.24) is 0 Å². The number of aryl methyl sites for hydroxylation is 1. The van der Waals surface area contributed by atoms with Crippen LogP contribution in [0.3, 0.4) is 0 Å². The smallest absolute Gasteiger partial charge is 0.112 e. The molecule has 2 aromatic carbocycles. The molecule has 1 fully saturated rings. The quantitative estimate of drug-likeness (QED) is 0.597. The maximum absolute atomic E-state index is 10.7. The molecule has 6 atom stereocenters. The van der Waals surface area contributed by atoms with E-state index in [1.807, 2.05) is 18.2 Å². The summed E-state index contributed by atoms with van der Waals surface area (Å²) in [6.45, 7) is 2.64. The predicted molar refractivity (Wildman–Crippen MR) is 116 cm³/mol. The van der Waals surface area contributed by atoms with Gasteiger partial charge in [-0.15, -0.1) is 11.8 Å². The standard InChI is InChI=1S/C23H29NO4S/c1-2-14-7-9-15(10-8-14)11-16-12-24(18-6-4-3-5-17(16)18)23-22(28)21(27)20(26)19(13-25)29-23/h3-10,16,19-23,25-28H,2,11-13H2,1H3/t16?,19-,20-,21+,22-,23-/m1/s1. The molecule has 0 amide bonds. The van der Waals surface area contributed by atoms with Gasteiger partial charge in [-0.05, 0) is 35.6 Å². The zero-order valence-electron chi connectivity index (χ0n) is 16.6. The van der Waals surface area contributed by atoms with Crippen LogP contribution in [-0.2, 0) is 12.8 Å². The van der Waals surface area contributed by atoms with Crippen molar-refractivity contribution >= 4 is 17.4 Å². The van der Waals surface area contributed by atoms with Crippen LogP contribution in [0.4, 0.5) is 5.69 Å². The van der Waals surface area contributed by atoms with Crippen molar-refractivity contribution in [3.8, 4) is 0 Å². The first-order chi connectivity index (χ1) is 14.0. The molecule has 0 spiro atoms. The van der Waals surface area contributed by atoms with E-state index in [9.17, 15) is 20.4 Å². The molecule has 0 radical (unpaired) electrons. The molecule has 0 aliphatic carbocycles. The number of aliphatic hydroxyl groups excluding tert-OH is 4. The van der Waals surface area contributed by atoms with E-state index >= 15 is 0 Å². The van der Waals surface area contributed by atoms with Gasteiger partial charge in [0.2, 0.25) is 0 Å². The molecule has 2 aliphatic rings. The van der Waals surface area contributed by atoms with Gasteiger partial charge in [0.05, 0.1) is 18.0 Å². The SMILES string of the molecule is CCc1ccc(CC2CN([C@@H]3S[C@H](CO)[C@@H](O)[C@H](O)[C@H]3O)c3ccccc32)cc1. The van der Waals surface area contributed by atoms with Crippen LogP contribution in [0.15, 0.2) is 48.5 Å². The molecular formula is C23H29NO4S. The number of para-hydroxylation sites is 1. The Morgan fingerprint density at radius 1 is 0.931 bits per heavy atom. The Kier molecular flexibility index (Phi) is 6.18. The molecule has 4 rings (SSSR count). The number of aliphatic hydroxyl groups is 4. The van der Waals surface area contributed by atoms with Crippen LogP contribution < -0.4 is 4.90 Å². The molecule has 4 N–H and O–H groups in total. The van der Waals surface area contributed by atoms with Gasteiger partial charge in [-0.3, -0.25) is 0 Å². The Balaban J connectivity index is 1.59. The fraction of sp³-hybridized carbons (Fsp3) is 0.478. The lowest BCUT2D eigenvalue weighted by Crippen LogP contribution is -2.58. The van der Waals surface area contributed by atoms with Gasteiger partial charge >= 0.3 is 0 Å². The first-order valence-electron chi connectivity index (χ1n) is 10.3. The summed E-state index contributed by atoms with van der Waals surface area (Å²) in [4.78, 5) is 2.13. The summed E-state index contributed by atoms with van der Waals surface area (Å²) in [5.41, 5.74) is 4.90. The number of nitrogens with zero attached hydrogens (tertiary/aromatic N) is 1. The molecule has 1 saturated heterocycles. The fourth-order valence-corrected chi connectivity index (χ4v) is 5.91. The highest BCUT2D eigenvalue weighted by Crippen LogP contribution is 2.44. The van der Waals surface area contributed by atoms with Gasteiger partial charge in [-0.2, -0.15) is 0 Å². The fourth-order valence-electron chi connectivity index (χ4n) is 4.48. The summed E-state index contributed by atoms with van der Waals surface area (Å²) in [5.74, 6) is 0.281. The van der Waals surface area contributed by atoms with Gasteiger partial charge in [0, 0.05) is 18.2 Å². The van der Waals surface area contributed by atoms with Crippen molar-refractivity contribution in [2.24, 2.45) is 0 Å². The van der Waals surface area contributed by atoms with E-state index in [2.05, 4.69) is 42.2 Å². The molecule has 29 heavy (non-hydrogen) atoms. The van der Waals surface area contributed by atoms with E-state index in [0.29, 0.717) is 0 Å². The van der Waals surface area contributed by atoms with Gasteiger partial charge in [-0.25, -0.2) is 0 Å². The van der Waals surface area contributed by atoms with Crippen molar-refractivity contribution in [2.45, 2.75) is 54.6 Å². The number of hydrogen-bond donors (Lipinski definition) is 4. The van der Waals surface area contributed by atoms with Gasteiger partial charge in [0.25, 0.3) is 0 Å².